The minimum absolute atomic E-state index is 0.0394. The van der Waals surface area contributed by atoms with E-state index >= 15 is 0 Å². The SMILES string of the molecule is O=C(O)[C@@]1(O)CCC[C@H](O)C1. The molecule has 0 aliphatic heterocycles. The lowest BCUT2D eigenvalue weighted by atomic mass is 9.83. The molecule has 11 heavy (non-hydrogen) atoms. The standard InChI is InChI=1S/C7H12O4/c8-5-2-1-3-7(11,4-5)6(9)10/h5,8,11H,1-4H2,(H,9,10)/t5-,7+/m0/s1. The van der Waals surface area contributed by atoms with Crippen molar-refractivity contribution in [3.63, 3.8) is 0 Å². The average molecular weight is 160 g/mol. The summed E-state index contributed by atoms with van der Waals surface area (Å²) in [4.78, 5) is 10.5. The van der Waals surface area contributed by atoms with Crippen LogP contribution in [0.4, 0.5) is 0 Å². The van der Waals surface area contributed by atoms with E-state index in [1.165, 1.54) is 0 Å². The predicted molar refractivity (Wildman–Crippen MR) is 37.1 cm³/mol. The van der Waals surface area contributed by atoms with Gasteiger partial charge in [-0.2, -0.15) is 0 Å². The van der Waals surface area contributed by atoms with Gasteiger partial charge in [-0.3, -0.25) is 0 Å². The van der Waals surface area contributed by atoms with Gasteiger partial charge in [0.1, 0.15) is 0 Å². The number of hydrogen-bond acceptors (Lipinski definition) is 3. The average Bonchev–Trinajstić information content (AvgIpc) is 1.86. The topological polar surface area (TPSA) is 77.8 Å². The third-order valence-corrected chi connectivity index (χ3v) is 2.10. The van der Waals surface area contributed by atoms with Crippen molar-refractivity contribution in [1.82, 2.24) is 0 Å². The summed E-state index contributed by atoms with van der Waals surface area (Å²) in [6.07, 6.45) is 0.714. The van der Waals surface area contributed by atoms with Crippen molar-refractivity contribution in [3.05, 3.63) is 0 Å². The minimum Gasteiger partial charge on any atom is -0.479 e. The Balaban J connectivity index is 2.63. The lowest BCUT2D eigenvalue weighted by molar-refractivity contribution is -0.165. The molecule has 0 heterocycles. The predicted octanol–water partition coefficient (Wildman–Crippen LogP) is -0.263. The van der Waals surface area contributed by atoms with Crippen molar-refractivity contribution < 1.29 is 20.1 Å². The smallest absolute Gasteiger partial charge is 0.335 e. The molecule has 0 radical (unpaired) electrons. The van der Waals surface area contributed by atoms with E-state index in [9.17, 15) is 9.90 Å². The summed E-state index contributed by atoms with van der Waals surface area (Å²) >= 11 is 0. The number of aliphatic hydroxyl groups is 2. The molecule has 1 aliphatic carbocycles. The van der Waals surface area contributed by atoms with E-state index in [0.717, 1.165) is 0 Å². The molecular formula is C7H12O4. The van der Waals surface area contributed by atoms with Crippen LogP contribution in [0.1, 0.15) is 25.7 Å². The Bertz CT molecular complexity index is 168. The van der Waals surface area contributed by atoms with Crippen molar-refractivity contribution in [3.8, 4) is 0 Å². The molecule has 4 heteroatoms. The zero-order chi connectivity index (χ0) is 8.48. The van der Waals surface area contributed by atoms with E-state index in [-0.39, 0.29) is 12.8 Å². The van der Waals surface area contributed by atoms with Crippen LogP contribution in [-0.4, -0.2) is 33.0 Å². The van der Waals surface area contributed by atoms with Crippen LogP contribution in [0.5, 0.6) is 0 Å². The van der Waals surface area contributed by atoms with E-state index in [1.807, 2.05) is 0 Å². The highest BCUT2D eigenvalue weighted by Crippen LogP contribution is 2.28. The highest BCUT2D eigenvalue weighted by atomic mass is 16.4. The van der Waals surface area contributed by atoms with Crippen LogP contribution in [0.3, 0.4) is 0 Å². The number of carboxylic acids is 1. The van der Waals surface area contributed by atoms with Crippen molar-refractivity contribution in [1.29, 1.82) is 0 Å². The maximum Gasteiger partial charge on any atom is 0.335 e. The Hall–Kier alpha value is -0.610. The molecule has 2 atom stereocenters. The number of aliphatic hydroxyl groups excluding tert-OH is 1. The van der Waals surface area contributed by atoms with Crippen LogP contribution >= 0.6 is 0 Å². The van der Waals surface area contributed by atoms with Crippen molar-refractivity contribution in [2.24, 2.45) is 0 Å². The molecule has 1 saturated carbocycles. The Labute approximate surface area is 64.5 Å². The maximum absolute atomic E-state index is 10.5. The fourth-order valence-corrected chi connectivity index (χ4v) is 1.42. The number of carbonyl (C=O) groups is 1. The second kappa shape index (κ2) is 2.79. The Kier molecular flexibility index (Phi) is 2.15. The van der Waals surface area contributed by atoms with Gasteiger partial charge in [-0.15, -0.1) is 0 Å². The van der Waals surface area contributed by atoms with Crippen LogP contribution in [0.2, 0.25) is 0 Å². The van der Waals surface area contributed by atoms with Crippen LogP contribution < -0.4 is 0 Å². The number of carboxylic acid groups (broad SMARTS) is 1. The lowest BCUT2D eigenvalue weighted by Crippen LogP contribution is -2.44. The van der Waals surface area contributed by atoms with Gasteiger partial charge in [0.2, 0.25) is 0 Å². The second-order valence-corrected chi connectivity index (χ2v) is 3.09. The first-order valence-corrected chi connectivity index (χ1v) is 3.68. The van der Waals surface area contributed by atoms with Gasteiger partial charge in [0.15, 0.2) is 5.60 Å². The lowest BCUT2D eigenvalue weighted by Gasteiger charge is -2.30. The Morgan fingerprint density at radius 3 is 2.55 bits per heavy atom. The summed E-state index contributed by atoms with van der Waals surface area (Å²) in [5, 5.41) is 27.0. The van der Waals surface area contributed by atoms with Crippen molar-refractivity contribution in [2.75, 3.05) is 0 Å². The van der Waals surface area contributed by atoms with Crippen molar-refractivity contribution in [2.45, 2.75) is 37.4 Å². The quantitative estimate of drug-likeness (QED) is 0.493. The molecule has 3 N–H and O–H groups in total. The third kappa shape index (κ3) is 1.70. The Morgan fingerprint density at radius 1 is 1.55 bits per heavy atom. The number of aliphatic carboxylic acids is 1. The zero-order valence-corrected chi connectivity index (χ0v) is 6.16. The largest absolute Gasteiger partial charge is 0.479 e. The molecule has 0 aromatic heterocycles. The van der Waals surface area contributed by atoms with E-state index in [2.05, 4.69) is 0 Å². The third-order valence-electron chi connectivity index (χ3n) is 2.10. The summed E-state index contributed by atoms with van der Waals surface area (Å²) in [6, 6.07) is 0. The molecule has 1 fully saturated rings. The molecule has 1 rings (SSSR count). The summed E-state index contributed by atoms with van der Waals surface area (Å²) in [6.45, 7) is 0. The Morgan fingerprint density at radius 2 is 2.18 bits per heavy atom. The van der Waals surface area contributed by atoms with Gasteiger partial charge in [0.25, 0.3) is 0 Å². The van der Waals surface area contributed by atoms with Crippen molar-refractivity contribution >= 4 is 5.97 Å². The summed E-state index contributed by atoms with van der Waals surface area (Å²) in [5.74, 6) is -1.23. The van der Waals surface area contributed by atoms with Gasteiger partial charge < -0.3 is 15.3 Å². The summed E-state index contributed by atoms with van der Waals surface area (Å²) in [5.41, 5.74) is -1.68. The first-order chi connectivity index (χ1) is 5.04. The van der Waals surface area contributed by atoms with Crippen LogP contribution in [-0.2, 0) is 4.79 Å². The van der Waals surface area contributed by atoms with E-state index in [0.29, 0.717) is 12.8 Å². The highest BCUT2D eigenvalue weighted by Gasteiger charge is 2.40. The van der Waals surface area contributed by atoms with Gasteiger partial charge >= 0.3 is 5.97 Å². The second-order valence-electron chi connectivity index (χ2n) is 3.09. The molecule has 0 aromatic carbocycles. The fraction of sp³-hybridized carbons (Fsp3) is 0.857. The van der Waals surface area contributed by atoms with Crippen LogP contribution in [0.25, 0.3) is 0 Å². The molecule has 0 aromatic rings. The molecule has 4 nitrogen and oxygen atoms in total. The van der Waals surface area contributed by atoms with Gasteiger partial charge in [-0.1, -0.05) is 0 Å². The molecule has 64 valence electrons. The van der Waals surface area contributed by atoms with Crippen LogP contribution in [0.15, 0.2) is 0 Å². The molecule has 0 saturated heterocycles. The fourth-order valence-electron chi connectivity index (χ4n) is 1.42. The minimum atomic E-state index is -1.68. The monoisotopic (exact) mass is 160 g/mol. The zero-order valence-electron chi connectivity index (χ0n) is 6.16. The summed E-state index contributed by atoms with van der Waals surface area (Å²) in [7, 11) is 0. The first-order valence-electron chi connectivity index (χ1n) is 3.68. The van der Waals surface area contributed by atoms with E-state index in [4.69, 9.17) is 10.2 Å². The van der Waals surface area contributed by atoms with Gasteiger partial charge in [0.05, 0.1) is 6.10 Å². The molecular weight excluding hydrogens is 148 g/mol. The summed E-state index contributed by atoms with van der Waals surface area (Å²) < 4.78 is 0. The van der Waals surface area contributed by atoms with Gasteiger partial charge in [0, 0.05) is 6.42 Å². The number of rotatable bonds is 1. The molecule has 0 amide bonds. The number of hydrogen-bond donors (Lipinski definition) is 3. The first kappa shape index (κ1) is 8.49. The maximum atomic E-state index is 10.5. The molecule has 0 spiro atoms. The van der Waals surface area contributed by atoms with E-state index < -0.39 is 17.7 Å². The van der Waals surface area contributed by atoms with E-state index in [1.54, 1.807) is 0 Å². The molecule has 0 unspecified atom stereocenters. The van der Waals surface area contributed by atoms with Gasteiger partial charge in [-0.25, -0.2) is 4.79 Å². The molecule has 0 bridgehead atoms. The van der Waals surface area contributed by atoms with Gasteiger partial charge in [-0.05, 0) is 19.3 Å². The molecule has 1 aliphatic rings. The highest BCUT2D eigenvalue weighted by molar-refractivity contribution is 5.77. The normalized spacial score (nSPS) is 38.5. The van der Waals surface area contributed by atoms with Crippen LogP contribution in [0, 0.1) is 0 Å².